The highest BCUT2D eigenvalue weighted by atomic mass is 32.1. The zero-order valence-corrected chi connectivity index (χ0v) is 13.0. The Balaban J connectivity index is 1.42. The van der Waals surface area contributed by atoms with Gasteiger partial charge in [0.15, 0.2) is 5.13 Å². The van der Waals surface area contributed by atoms with Gasteiger partial charge < -0.3 is 10.4 Å². The number of carboxylic acids is 1. The standard InChI is InChI=1S/C15H19N3O3S/c19-12(20)11-7-16-14(22-11)17-13(21)18-15-4-8-1-9(5-15)3-10(2-8)6-15/h7-10H,1-6H2,(H,19,20)(H2,16,17,18,21). The molecule has 5 rings (SSSR count). The molecule has 4 aliphatic carbocycles. The van der Waals surface area contributed by atoms with E-state index in [1.54, 1.807) is 0 Å². The molecule has 0 spiro atoms. The summed E-state index contributed by atoms with van der Waals surface area (Å²) in [5.41, 5.74) is -0.0499. The van der Waals surface area contributed by atoms with Crippen molar-refractivity contribution < 1.29 is 14.7 Å². The molecule has 0 saturated heterocycles. The van der Waals surface area contributed by atoms with Crippen LogP contribution in [0.2, 0.25) is 0 Å². The van der Waals surface area contributed by atoms with E-state index in [9.17, 15) is 9.59 Å². The van der Waals surface area contributed by atoms with Crippen molar-refractivity contribution in [3.63, 3.8) is 0 Å². The van der Waals surface area contributed by atoms with Gasteiger partial charge >= 0.3 is 12.0 Å². The summed E-state index contributed by atoms with van der Waals surface area (Å²) in [6.45, 7) is 0. The number of hydrogen-bond donors (Lipinski definition) is 3. The first kappa shape index (κ1) is 14.0. The fourth-order valence-corrected chi connectivity index (χ4v) is 5.71. The molecule has 22 heavy (non-hydrogen) atoms. The Morgan fingerprint density at radius 2 is 1.77 bits per heavy atom. The Bertz CT molecular complexity index is 592. The summed E-state index contributed by atoms with van der Waals surface area (Å²) >= 11 is 0.979. The molecule has 0 atom stereocenters. The van der Waals surface area contributed by atoms with E-state index in [0.717, 1.165) is 48.4 Å². The normalized spacial score (nSPS) is 35.4. The molecular formula is C15H19N3O3S. The number of aromatic nitrogens is 1. The summed E-state index contributed by atoms with van der Waals surface area (Å²) in [5, 5.41) is 15.1. The Hall–Kier alpha value is -1.63. The maximum atomic E-state index is 12.3. The lowest BCUT2D eigenvalue weighted by molar-refractivity contribution is -0.0127. The Morgan fingerprint density at radius 3 is 2.27 bits per heavy atom. The van der Waals surface area contributed by atoms with Crippen molar-refractivity contribution in [1.82, 2.24) is 10.3 Å². The van der Waals surface area contributed by atoms with Gasteiger partial charge in [-0.25, -0.2) is 14.6 Å². The fraction of sp³-hybridized carbons (Fsp3) is 0.667. The van der Waals surface area contributed by atoms with Gasteiger partial charge in [-0.2, -0.15) is 0 Å². The predicted octanol–water partition coefficient (Wildman–Crippen LogP) is 2.93. The maximum Gasteiger partial charge on any atom is 0.347 e. The van der Waals surface area contributed by atoms with Gasteiger partial charge in [0, 0.05) is 5.54 Å². The van der Waals surface area contributed by atoms with Crippen LogP contribution in [0.5, 0.6) is 0 Å². The zero-order chi connectivity index (χ0) is 15.3. The second-order valence-electron chi connectivity index (χ2n) is 7.11. The number of carboxylic acid groups (broad SMARTS) is 1. The van der Waals surface area contributed by atoms with Crippen molar-refractivity contribution in [3.05, 3.63) is 11.1 Å². The third-order valence-electron chi connectivity index (χ3n) is 5.35. The number of aromatic carboxylic acids is 1. The van der Waals surface area contributed by atoms with E-state index in [-0.39, 0.29) is 16.4 Å². The first-order valence-electron chi connectivity index (χ1n) is 7.80. The third-order valence-corrected chi connectivity index (χ3v) is 6.25. The molecule has 4 bridgehead atoms. The highest BCUT2D eigenvalue weighted by Gasteiger charge is 2.51. The highest BCUT2D eigenvalue weighted by molar-refractivity contribution is 7.17. The molecule has 1 heterocycles. The smallest absolute Gasteiger partial charge is 0.347 e. The molecule has 6 nitrogen and oxygen atoms in total. The maximum absolute atomic E-state index is 12.3. The van der Waals surface area contributed by atoms with Crippen LogP contribution >= 0.6 is 11.3 Å². The molecule has 4 saturated carbocycles. The van der Waals surface area contributed by atoms with E-state index < -0.39 is 5.97 Å². The van der Waals surface area contributed by atoms with Gasteiger partial charge in [-0.05, 0) is 56.3 Å². The Morgan fingerprint density at radius 1 is 1.18 bits per heavy atom. The van der Waals surface area contributed by atoms with Gasteiger partial charge in [-0.15, -0.1) is 0 Å². The van der Waals surface area contributed by atoms with Crippen LogP contribution in [0.1, 0.15) is 48.2 Å². The number of carbonyl (C=O) groups is 2. The summed E-state index contributed by atoms with van der Waals surface area (Å²) in [7, 11) is 0. The monoisotopic (exact) mass is 321 g/mol. The highest BCUT2D eigenvalue weighted by Crippen LogP contribution is 2.55. The molecule has 118 valence electrons. The third kappa shape index (κ3) is 2.47. The molecule has 3 N–H and O–H groups in total. The lowest BCUT2D eigenvalue weighted by atomic mass is 9.53. The first-order chi connectivity index (χ1) is 10.5. The molecule has 1 aromatic rings. The van der Waals surface area contributed by atoms with Crippen molar-refractivity contribution in [2.24, 2.45) is 17.8 Å². The summed E-state index contributed by atoms with van der Waals surface area (Å²) in [5.74, 6) is 1.28. The van der Waals surface area contributed by atoms with Crippen LogP contribution in [0.4, 0.5) is 9.93 Å². The summed E-state index contributed by atoms with van der Waals surface area (Å²) < 4.78 is 0. The quantitative estimate of drug-likeness (QED) is 0.798. The van der Waals surface area contributed by atoms with E-state index in [1.807, 2.05) is 0 Å². The van der Waals surface area contributed by atoms with Crippen LogP contribution in [0.15, 0.2) is 6.20 Å². The average molecular weight is 321 g/mol. The topological polar surface area (TPSA) is 91.3 Å². The van der Waals surface area contributed by atoms with Gasteiger partial charge in [0.1, 0.15) is 4.88 Å². The van der Waals surface area contributed by atoms with Crippen molar-refractivity contribution in [1.29, 1.82) is 0 Å². The fourth-order valence-electron chi connectivity index (χ4n) is 5.06. The molecule has 7 heteroatoms. The van der Waals surface area contributed by atoms with Crippen LogP contribution < -0.4 is 10.6 Å². The number of nitrogens with zero attached hydrogens (tertiary/aromatic N) is 1. The minimum absolute atomic E-state index is 0.0499. The van der Waals surface area contributed by atoms with Gasteiger partial charge in [0.2, 0.25) is 0 Å². The number of anilines is 1. The number of nitrogens with one attached hydrogen (secondary N) is 2. The number of rotatable bonds is 3. The number of urea groups is 1. The molecule has 0 aromatic carbocycles. The predicted molar refractivity (Wildman–Crippen MR) is 82.1 cm³/mol. The summed E-state index contributed by atoms with van der Waals surface area (Å²) in [4.78, 5) is 27.2. The van der Waals surface area contributed by atoms with Crippen molar-refractivity contribution in [2.45, 2.75) is 44.1 Å². The first-order valence-corrected chi connectivity index (χ1v) is 8.61. The van der Waals surface area contributed by atoms with E-state index in [1.165, 1.54) is 25.5 Å². The molecule has 0 aliphatic heterocycles. The molecule has 0 radical (unpaired) electrons. The van der Waals surface area contributed by atoms with Crippen LogP contribution in [-0.2, 0) is 0 Å². The zero-order valence-electron chi connectivity index (χ0n) is 12.2. The van der Waals surface area contributed by atoms with Gasteiger partial charge in [0.25, 0.3) is 0 Å². The minimum atomic E-state index is -1.02. The van der Waals surface area contributed by atoms with Crippen LogP contribution in [0.25, 0.3) is 0 Å². The number of carbonyl (C=O) groups excluding carboxylic acids is 1. The largest absolute Gasteiger partial charge is 0.477 e. The van der Waals surface area contributed by atoms with Crippen molar-refractivity contribution in [3.8, 4) is 0 Å². The van der Waals surface area contributed by atoms with Gasteiger partial charge in [-0.3, -0.25) is 5.32 Å². The molecule has 2 amide bonds. The molecule has 1 aromatic heterocycles. The SMILES string of the molecule is O=C(Nc1ncc(C(=O)O)s1)NC12CC3CC(CC(C3)C1)C2. The Labute approximate surface area is 132 Å². The van der Waals surface area contributed by atoms with Crippen molar-refractivity contribution in [2.75, 3.05) is 5.32 Å². The Kier molecular flexibility index (Phi) is 3.14. The summed E-state index contributed by atoms with van der Waals surface area (Å²) in [6.07, 6.45) is 8.53. The van der Waals surface area contributed by atoms with E-state index in [0.29, 0.717) is 5.13 Å². The molecule has 4 fully saturated rings. The average Bonchev–Trinajstić information content (AvgIpc) is 2.84. The van der Waals surface area contributed by atoms with Gasteiger partial charge in [0.05, 0.1) is 6.20 Å². The lowest BCUT2D eigenvalue weighted by Gasteiger charge is -2.56. The number of amides is 2. The lowest BCUT2D eigenvalue weighted by Crippen LogP contribution is -2.60. The van der Waals surface area contributed by atoms with E-state index >= 15 is 0 Å². The van der Waals surface area contributed by atoms with E-state index in [4.69, 9.17) is 5.11 Å². The van der Waals surface area contributed by atoms with Crippen LogP contribution in [0, 0.1) is 17.8 Å². The second-order valence-corrected chi connectivity index (χ2v) is 8.14. The van der Waals surface area contributed by atoms with Crippen molar-refractivity contribution >= 4 is 28.5 Å². The molecule has 0 unspecified atom stereocenters. The van der Waals surface area contributed by atoms with E-state index in [2.05, 4.69) is 15.6 Å². The molecule has 4 aliphatic rings. The second kappa shape index (κ2) is 4.94. The van der Waals surface area contributed by atoms with Crippen LogP contribution in [0.3, 0.4) is 0 Å². The number of thiazole rings is 1. The minimum Gasteiger partial charge on any atom is -0.477 e. The van der Waals surface area contributed by atoms with Gasteiger partial charge in [-0.1, -0.05) is 11.3 Å². The number of hydrogen-bond acceptors (Lipinski definition) is 4. The summed E-state index contributed by atoms with van der Waals surface area (Å²) in [6, 6.07) is -0.256. The molecular weight excluding hydrogens is 302 g/mol. The van der Waals surface area contributed by atoms with Crippen LogP contribution in [-0.4, -0.2) is 27.6 Å².